The molecule has 0 radical (unpaired) electrons. The van der Waals surface area contributed by atoms with Gasteiger partial charge in [0.05, 0.1) is 11.6 Å². The molecular formula is C27H21N3O4S2. The van der Waals surface area contributed by atoms with E-state index < -0.39 is 17.7 Å². The third kappa shape index (κ3) is 4.62. The first-order valence-corrected chi connectivity index (χ1v) is 12.9. The van der Waals surface area contributed by atoms with Crippen molar-refractivity contribution in [1.82, 2.24) is 10.2 Å². The molecule has 1 aliphatic rings. The molecule has 1 aliphatic heterocycles. The van der Waals surface area contributed by atoms with Gasteiger partial charge in [-0.3, -0.25) is 14.5 Å². The van der Waals surface area contributed by atoms with Gasteiger partial charge in [-0.15, -0.1) is 10.2 Å². The highest BCUT2D eigenvalue weighted by Gasteiger charge is 2.48. The quantitative estimate of drug-likeness (QED) is 0.115. The second-order valence-corrected chi connectivity index (χ2v) is 10.4. The Morgan fingerprint density at radius 2 is 1.67 bits per heavy atom. The minimum absolute atomic E-state index is 0.0408. The molecule has 1 unspecified atom stereocenters. The van der Waals surface area contributed by atoms with Gasteiger partial charge >= 0.3 is 5.91 Å². The number of benzene rings is 3. The number of aromatic hydroxyl groups is 1. The Morgan fingerprint density at radius 1 is 0.972 bits per heavy atom. The molecule has 36 heavy (non-hydrogen) atoms. The van der Waals surface area contributed by atoms with Crippen molar-refractivity contribution >= 4 is 45.7 Å². The normalized spacial score (nSPS) is 17.0. The number of phenols is 1. The second-order valence-electron chi connectivity index (χ2n) is 8.25. The average molecular weight is 516 g/mol. The van der Waals surface area contributed by atoms with E-state index in [2.05, 4.69) is 22.3 Å². The van der Waals surface area contributed by atoms with Crippen LogP contribution in [0.5, 0.6) is 5.75 Å². The predicted octanol–water partition coefficient (Wildman–Crippen LogP) is 5.47. The van der Waals surface area contributed by atoms with Gasteiger partial charge < -0.3 is 10.2 Å². The van der Waals surface area contributed by atoms with E-state index in [1.54, 1.807) is 42.5 Å². The number of rotatable bonds is 6. The van der Waals surface area contributed by atoms with E-state index in [1.807, 2.05) is 19.1 Å². The molecular weight excluding hydrogens is 494 g/mol. The van der Waals surface area contributed by atoms with Gasteiger partial charge in [-0.2, -0.15) is 0 Å². The number of aliphatic hydroxyl groups is 1. The molecule has 0 saturated carbocycles. The third-order valence-corrected chi connectivity index (χ3v) is 7.91. The van der Waals surface area contributed by atoms with E-state index in [4.69, 9.17) is 0 Å². The van der Waals surface area contributed by atoms with E-state index in [-0.39, 0.29) is 22.2 Å². The van der Waals surface area contributed by atoms with Crippen LogP contribution in [0.4, 0.5) is 5.13 Å². The zero-order valence-corrected chi connectivity index (χ0v) is 20.8. The van der Waals surface area contributed by atoms with Gasteiger partial charge in [-0.1, -0.05) is 95.4 Å². The van der Waals surface area contributed by atoms with E-state index in [0.29, 0.717) is 21.2 Å². The number of amides is 1. The van der Waals surface area contributed by atoms with Crippen molar-refractivity contribution in [2.75, 3.05) is 4.90 Å². The summed E-state index contributed by atoms with van der Waals surface area (Å²) in [5, 5.41) is 29.6. The van der Waals surface area contributed by atoms with Crippen LogP contribution in [-0.2, 0) is 15.3 Å². The van der Waals surface area contributed by atoms with Crippen LogP contribution < -0.4 is 4.90 Å². The topological polar surface area (TPSA) is 104 Å². The van der Waals surface area contributed by atoms with E-state index in [9.17, 15) is 19.8 Å². The minimum Gasteiger partial charge on any atom is -0.508 e. The van der Waals surface area contributed by atoms with Crippen molar-refractivity contribution in [3.05, 3.63) is 107 Å². The number of carbonyl (C=O) groups excluding carboxylic acids is 2. The minimum atomic E-state index is -0.922. The lowest BCUT2D eigenvalue weighted by atomic mass is 9.95. The molecule has 1 saturated heterocycles. The number of aryl methyl sites for hydroxylation is 1. The first-order valence-electron chi connectivity index (χ1n) is 11.1. The van der Waals surface area contributed by atoms with Crippen molar-refractivity contribution in [1.29, 1.82) is 0 Å². The van der Waals surface area contributed by atoms with E-state index in [0.717, 1.165) is 5.56 Å². The molecule has 0 bridgehead atoms. The Morgan fingerprint density at radius 3 is 2.36 bits per heavy atom. The Hall–Kier alpha value is -3.95. The molecule has 0 spiro atoms. The van der Waals surface area contributed by atoms with Crippen molar-refractivity contribution in [2.24, 2.45) is 0 Å². The summed E-state index contributed by atoms with van der Waals surface area (Å²) in [6.45, 7) is 2.03. The molecule has 2 heterocycles. The number of aromatic nitrogens is 2. The van der Waals surface area contributed by atoms with Gasteiger partial charge in [-0.05, 0) is 30.2 Å². The highest BCUT2D eigenvalue weighted by molar-refractivity contribution is 8.00. The fourth-order valence-electron chi connectivity index (χ4n) is 3.94. The zero-order chi connectivity index (χ0) is 25.2. The summed E-state index contributed by atoms with van der Waals surface area (Å²) in [5.41, 5.74) is 3.25. The zero-order valence-electron chi connectivity index (χ0n) is 19.2. The number of aliphatic hydroxyl groups excluding tert-OH is 1. The molecule has 5 rings (SSSR count). The first-order chi connectivity index (χ1) is 17.4. The number of ketones is 1. The van der Waals surface area contributed by atoms with Crippen molar-refractivity contribution in [3.63, 3.8) is 0 Å². The maximum absolute atomic E-state index is 13.2. The lowest BCUT2D eigenvalue weighted by molar-refractivity contribution is -0.132. The Balaban J connectivity index is 1.52. The fraction of sp³-hybridized carbons (Fsp3) is 0.111. The van der Waals surface area contributed by atoms with Gasteiger partial charge in [0.25, 0.3) is 5.78 Å². The first kappa shape index (κ1) is 23.8. The van der Waals surface area contributed by atoms with Gasteiger partial charge in [0.1, 0.15) is 11.5 Å². The number of phenolic OH excluding ortho intramolecular Hbond substituents is 1. The molecule has 0 aliphatic carbocycles. The molecule has 2 N–H and O–H groups in total. The van der Waals surface area contributed by atoms with Crippen LogP contribution in [0.15, 0.2) is 88.8 Å². The lowest BCUT2D eigenvalue weighted by Crippen LogP contribution is -2.29. The van der Waals surface area contributed by atoms with E-state index in [1.165, 1.54) is 45.7 Å². The highest BCUT2D eigenvalue weighted by atomic mass is 32.2. The smallest absolute Gasteiger partial charge is 0.301 e. The third-order valence-electron chi connectivity index (χ3n) is 5.79. The van der Waals surface area contributed by atoms with Crippen LogP contribution in [0.2, 0.25) is 0 Å². The van der Waals surface area contributed by atoms with Gasteiger partial charge in [0.2, 0.25) is 5.13 Å². The summed E-state index contributed by atoms with van der Waals surface area (Å²) in [6, 6.07) is 22.1. The predicted molar refractivity (Wildman–Crippen MR) is 140 cm³/mol. The van der Waals surface area contributed by atoms with Crippen molar-refractivity contribution in [3.8, 4) is 5.75 Å². The summed E-state index contributed by atoms with van der Waals surface area (Å²) >= 11 is 2.70. The molecule has 1 atom stereocenters. The molecule has 9 heteroatoms. The monoisotopic (exact) mass is 515 g/mol. The summed E-state index contributed by atoms with van der Waals surface area (Å²) in [6.07, 6.45) is 0. The average Bonchev–Trinajstić information content (AvgIpc) is 3.46. The van der Waals surface area contributed by atoms with Crippen LogP contribution in [-0.4, -0.2) is 32.1 Å². The molecule has 1 amide bonds. The molecule has 1 fully saturated rings. The number of hydrogen-bond acceptors (Lipinski definition) is 8. The maximum atomic E-state index is 13.2. The number of carbonyl (C=O) groups is 2. The van der Waals surface area contributed by atoms with Gasteiger partial charge in [-0.25, -0.2) is 0 Å². The van der Waals surface area contributed by atoms with Crippen LogP contribution in [0, 0.1) is 6.92 Å². The van der Waals surface area contributed by atoms with Crippen LogP contribution in [0.25, 0.3) is 5.76 Å². The van der Waals surface area contributed by atoms with Crippen molar-refractivity contribution in [2.45, 2.75) is 23.1 Å². The summed E-state index contributed by atoms with van der Waals surface area (Å²) in [5.74, 6) is -1.14. The highest BCUT2D eigenvalue weighted by Crippen LogP contribution is 2.44. The summed E-state index contributed by atoms with van der Waals surface area (Å²) in [4.78, 5) is 27.7. The number of Topliss-reactive ketones (excluding diaryl/α,β-unsaturated/α-hetero) is 1. The number of anilines is 1. The maximum Gasteiger partial charge on any atom is 0.301 e. The Kier molecular flexibility index (Phi) is 6.58. The van der Waals surface area contributed by atoms with Crippen LogP contribution in [0.1, 0.15) is 28.3 Å². The lowest BCUT2D eigenvalue weighted by Gasteiger charge is -2.22. The number of nitrogens with zero attached hydrogens (tertiary/aromatic N) is 3. The second kappa shape index (κ2) is 9.96. The van der Waals surface area contributed by atoms with Crippen LogP contribution >= 0.6 is 23.1 Å². The SMILES string of the molecule is Cc1ccc(CSc2nnc(N3C(=O)C(=O)/C(=C(\O)c4ccccc4)C3c3ccc(O)cc3)s2)cc1. The Bertz CT molecular complexity index is 1450. The Labute approximate surface area is 215 Å². The van der Waals surface area contributed by atoms with E-state index >= 15 is 0 Å². The van der Waals surface area contributed by atoms with Gasteiger partial charge in [0, 0.05) is 11.3 Å². The number of thioether (sulfide) groups is 1. The van der Waals surface area contributed by atoms with Crippen LogP contribution in [0.3, 0.4) is 0 Å². The van der Waals surface area contributed by atoms with Gasteiger partial charge in [0.15, 0.2) is 4.34 Å². The number of hydrogen-bond donors (Lipinski definition) is 2. The van der Waals surface area contributed by atoms with Crippen molar-refractivity contribution < 1.29 is 19.8 Å². The molecule has 180 valence electrons. The standard InChI is InChI=1S/C27H21N3O4S2/c1-16-7-9-17(10-8-16)15-35-27-29-28-26(36-27)30-22(18-11-13-20(31)14-12-18)21(24(33)25(30)34)23(32)19-5-3-2-4-6-19/h2-14,22,31-32H,15H2,1H3/b23-21-. The molecule has 1 aromatic heterocycles. The summed E-state index contributed by atoms with van der Waals surface area (Å²) in [7, 11) is 0. The molecule has 7 nitrogen and oxygen atoms in total. The fourth-order valence-corrected chi connectivity index (χ4v) is 5.76. The summed E-state index contributed by atoms with van der Waals surface area (Å²) < 4.78 is 0.653. The molecule has 3 aromatic carbocycles. The largest absolute Gasteiger partial charge is 0.508 e. The molecule has 4 aromatic rings.